The summed E-state index contributed by atoms with van der Waals surface area (Å²) in [5, 5.41) is 11.8. The van der Waals surface area contributed by atoms with Gasteiger partial charge in [0.1, 0.15) is 6.10 Å². The Labute approximate surface area is 99.3 Å². The van der Waals surface area contributed by atoms with Gasteiger partial charge in [-0.05, 0) is 12.3 Å². The van der Waals surface area contributed by atoms with Gasteiger partial charge in [0.2, 0.25) is 5.91 Å². The highest BCUT2D eigenvalue weighted by Gasteiger charge is 2.46. The van der Waals surface area contributed by atoms with Crippen LogP contribution in [0.3, 0.4) is 0 Å². The van der Waals surface area contributed by atoms with Crippen LogP contribution in [0.25, 0.3) is 0 Å². The first kappa shape index (κ1) is 12.3. The molecule has 2 saturated heterocycles. The third-order valence-corrected chi connectivity index (χ3v) is 3.44. The lowest BCUT2D eigenvalue weighted by Gasteiger charge is -2.26. The van der Waals surface area contributed by atoms with Crippen LogP contribution in [0.2, 0.25) is 0 Å². The molecular weight excluding hydrogens is 226 g/mol. The summed E-state index contributed by atoms with van der Waals surface area (Å²) in [6, 6.07) is 0. The zero-order valence-corrected chi connectivity index (χ0v) is 9.77. The number of carboxylic acids is 1. The third-order valence-electron chi connectivity index (χ3n) is 3.44. The van der Waals surface area contributed by atoms with Crippen LogP contribution in [-0.2, 0) is 19.1 Å². The van der Waals surface area contributed by atoms with Crippen molar-refractivity contribution in [2.45, 2.75) is 31.4 Å². The summed E-state index contributed by atoms with van der Waals surface area (Å²) in [6.07, 6.45) is 0.593. The molecule has 6 nitrogen and oxygen atoms in total. The molecule has 2 heterocycles. The Morgan fingerprint density at radius 1 is 1.41 bits per heavy atom. The van der Waals surface area contributed by atoms with Crippen LogP contribution in [0.5, 0.6) is 0 Å². The molecular formula is C11H17NO5. The molecule has 0 bridgehead atoms. The van der Waals surface area contributed by atoms with Crippen molar-refractivity contribution in [2.24, 2.45) is 5.92 Å². The molecule has 2 aliphatic rings. The second kappa shape index (κ2) is 4.62. The van der Waals surface area contributed by atoms with Crippen molar-refractivity contribution < 1.29 is 24.2 Å². The molecule has 96 valence electrons. The molecule has 6 heteroatoms. The number of hydrogen-bond acceptors (Lipinski definition) is 4. The summed E-state index contributed by atoms with van der Waals surface area (Å²) >= 11 is 0. The summed E-state index contributed by atoms with van der Waals surface area (Å²) in [4.78, 5) is 23.2. The number of hydrogen-bond donors (Lipinski definition) is 2. The number of carboxylic acid groups (broad SMARTS) is 1. The minimum absolute atomic E-state index is 0.0230. The molecule has 1 amide bonds. The fourth-order valence-electron chi connectivity index (χ4n) is 2.22. The topological polar surface area (TPSA) is 84.9 Å². The maximum atomic E-state index is 12.0. The van der Waals surface area contributed by atoms with E-state index >= 15 is 0 Å². The summed E-state index contributed by atoms with van der Waals surface area (Å²) in [6.45, 7) is 2.86. The Hall–Kier alpha value is -1.14. The molecule has 2 N–H and O–H groups in total. The Morgan fingerprint density at radius 3 is 2.65 bits per heavy atom. The van der Waals surface area contributed by atoms with Crippen LogP contribution in [0, 0.1) is 5.92 Å². The Balaban J connectivity index is 2.03. The first-order chi connectivity index (χ1) is 8.05. The largest absolute Gasteiger partial charge is 0.479 e. The lowest BCUT2D eigenvalue weighted by molar-refractivity contribution is -0.149. The Bertz CT molecular complexity index is 324. The van der Waals surface area contributed by atoms with Gasteiger partial charge in [-0.1, -0.05) is 6.92 Å². The molecule has 0 aromatic rings. The highest BCUT2D eigenvalue weighted by molar-refractivity contribution is 5.89. The predicted octanol–water partition coefficient (Wildman–Crippen LogP) is -0.229. The molecule has 2 rings (SSSR count). The molecule has 0 saturated carbocycles. The number of carbonyl (C=O) groups excluding carboxylic acids is 1. The third kappa shape index (κ3) is 2.28. The summed E-state index contributed by atoms with van der Waals surface area (Å²) < 4.78 is 10.4. The average molecular weight is 243 g/mol. The van der Waals surface area contributed by atoms with E-state index in [4.69, 9.17) is 9.47 Å². The van der Waals surface area contributed by atoms with Crippen LogP contribution in [0.15, 0.2) is 0 Å². The van der Waals surface area contributed by atoms with Crippen LogP contribution in [-0.4, -0.2) is 48.4 Å². The highest BCUT2D eigenvalue weighted by atomic mass is 16.5. The smallest absolute Gasteiger partial charge is 0.331 e. The second-order valence-corrected chi connectivity index (χ2v) is 4.74. The normalized spacial score (nSPS) is 37.0. The standard InChI is InChI=1S/C11H17NO5/c1-7-2-4-17-8(7)9(13)12-11(10(14)15)3-5-16-6-11/h7-8H,2-6H2,1H3,(H,12,13)(H,14,15). The van der Waals surface area contributed by atoms with Crippen molar-refractivity contribution in [3.05, 3.63) is 0 Å². The number of ether oxygens (including phenoxy) is 2. The lowest BCUT2D eigenvalue weighted by atomic mass is 9.97. The van der Waals surface area contributed by atoms with Crippen LogP contribution >= 0.6 is 0 Å². The fourth-order valence-corrected chi connectivity index (χ4v) is 2.22. The minimum atomic E-state index is -1.28. The van der Waals surface area contributed by atoms with E-state index in [0.29, 0.717) is 19.6 Å². The van der Waals surface area contributed by atoms with Gasteiger partial charge >= 0.3 is 5.97 Å². The molecule has 17 heavy (non-hydrogen) atoms. The Morgan fingerprint density at radius 2 is 2.18 bits per heavy atom. The van der Waals surface area contributed by atoms with Crippen LogP contribution in [0.1, 0.15) is 19.8 Å². The zero-order valence-electron chi connectivity index (χ0n) is 9.77. The number of amides is 1. The van der Waals surface area contributed by atoms with Crippen molar-refractivity contribution in [2.75, 3.05) is 19.8 Å². The van der Waals surface area contributed by atoms with Crippen molar-refractivity contribution in [3.8, 4) is 0 Å². The molecule has 0 radical (unpaired) electrons. The van der Waals surface area contributed by atoms with E-state index in [1.54, 1.807) is 0 Å². The molecule has 3 atom stereocenters. The van der Waals surface area contributed by atoms with E-state index < -0.39 is 17.6 Å². The molecule has 3 unspecified atom stereocenters. The molecule has 0 aromatic heterocycles. The highest BCUT2D eigenvalue weighted by Crippen LogP contribution is 2.23. The van der Waals surface area contributed by atoms with Crippen LogP contribution in [0.4, 0.5) is 0 Å². The summed E-state index contributed by atoms with van der Waals surface area (Å²) in [5.74, 6) is -1.26. The molecule has 2 aliphatic heterocycles. The van der Waals surface area contributed by atoms with Gasteiger partial charge in [0, 0.05) is 19.6 Å². The molecule has 0 aliphatic carbocycles. The van der Waals surface area contributed by atoms with Gasteiger partial charge in [0.25, 0.3) is 0 Å². The number of nitrogens with one attached hydrogen (secondary N) is 1. The van der Waals surface area contributed by atoms with Crippen molar-refractivity contribution in [1.29, 1.82) is 0 Å². The lowest BCUT2D eigenvalue weighted by Crippen LogP contribution is -2.58. The van der Waals surface area contributed by atoms with Gasteiger partial charge < -0.3 is 19.9 Å². The SMILES string of the molecule is CC1CCOC1C(=O)NC1(C(=O)O)CCOC1. The summed E-state index contributed by atoms with van der Waals surface area (Å²) in [7, 11) is 0. The van der Waals surface area contributed by atoms with E-state index in [1.165, 1.54) is 0 Å². The van der Waals surface area contributed by atoms with Gasteiger partial charge in [0.05, 0.1) is 6.61 Å². The van der Waals surface area contributed by atoms with E-state index in [1.807, 2.05) is 6.92 Å². The van der Waals surface area contributed by atoms with E-state index in [-0.39, 0.29) is 18.4 Å². The van der Waals surface area contributed by atoms with Gasteiger partial charge in [-0.3, -0.25) is 4.79 Å². The van der Waals surface area contributed by atoms with E-state index in [0.717, 1.165) is 6.42 Å². The van der Waals surface area contributed by atoms with Gasteiger partial charge in [-0.25, -0.2) is 4.79 Å². The first-order valence-electron chi connectivity index (χ1n) is 5.80. The summed E-state index contributed by atoms with van der Waals surface area (Å²) in [5.41, 5.74) is -1.28. The maximum Gasteiger partial charge on any atom is 0.331 e. The quantitative estimate of drug-likeness (QED) is 0.715. The zero-order chi connectivity index (χ0) is 12.5. The van der Waals surface area contributed by atoms with Crippen molar-refractivity contribution in [3.63, 3.8) is 0 Å². The monoisotopic (exact) mass is 243 g/mol. The molecule has 2 fully saturated rings. The average Bonchev–Trinajstić information content (AvgIpc) is 2.87. The minimum Gasteiger partial charge on any atom is -0.479 e. The number of aliphatic carboxylic acids is 1. The van der Waals surface area contributed by atoms with E-state index in [2.05, 4.69) is 5.32 Å². The Kier molecular flexibility index (Phi) is 3.35. The predicted molar refractivity (Wildman–Crippen MR) is 57.5 cm³/mol. The molecule has 0 spiro atoms. The second-order valence-electron chi connectivity index (χ2n) is 4.74. The van der Waals surface area contributed by atoms with Crippen molar-refractivity contribution in [1.82, 2.24) is 5.32 Å². The number of rotatable bonds is 3. The van der Waals surface area contributed by atoms with Crippen LogP contribution < -0.4 is 5.32 Å². The van der Waals surface area contributed by atoms with Crippen molar-refractivity contribution >= 4 is 11.9 Å². The molecule has 0 aromatic carbocycles. The maximum absolute atomic E-state index is 12.0. The first-order valence-corrected chi connectivity index (χ1v) is 5.80. The fraction of sp³-hybridized carbons (Fsp3) is 0.818. The van der Waals surface area contributed by atoms with Gasteiger partial charge in [-0.15, -0.1) is 0 Å². The van der Waals surface area contributed by atoms with E-state index in [9.17, 15) is 14.7 Å². The van der Waals surface area contributed by atoms with Gasteiger partial charge in [-0.2, -0.15) is 0 Å². The van der Waals surface area contributed by atoms with Gasteiger partial charge in [0.15, 0.2) is 5.54 Å². The number of carbonyl (C=O) groups is 2.